The monoisotopic (exact) mass is 460 g/mol. The van der Waals surface area contributed by atoms with Crippen molar-refractivity contribution in [1.82, 2.24) is 9.78 Å². The fourth-order valence-corrected chi connectivity index (χ4v) is 4.16. The molecule has 0 radical (unpaired) electrons. The van der Waals surface area contributed by atoms with Gasteiger partial charge in [-0.05, 0) is 63.1 Å². The first kappa shape index (κ1) is 22.8. The number of carbonyl (C=O) groups is 1. The molecule has 2 heterocycles. The third-order valence-corrected chi connectivity index (χ3v) is 5.87. The van der Waals surface area contributed by atoms with Crippen molar-refractivity contribution in [2.75, 3.05) is 23.3 Å². The highest BCUT2D eigenvalue weighted by Gasteiger charge is 2.31. The lowest BCUT2D eigenvalue weighted by Gasteiger charge is -2.18. The number of amides is 1. The van der Waals surface area contributed by atoms with Crippen LogP contribution in [0, 0.1) is 19.7 Å². The summed E-state index contributed by atoms with van der Waals surface area (Å²) in [5.41, 5.74) is 2.08. The molecule has 2 aromatic carbocycles. The molecular formula is C24H24F4N4O. The van der Waals surface area contributed by atoms with Crippen LogP contribution in [-0.2, 0) is 17.4 Å². The standard InChI is InChI=1S/C24H24F4N4O/c1-15-20(16(2)32(30-15)19-7-5-6-17(12-19)24(26,27)28)14-23(33)29-18-8-9-22(21(25)13-18)31-10-3-4-11-31/h5-9,12-13H,3-4,10-11,14H2,1-2H3,(H,29,33). The zero-order chi connectivity index (χ0) is 23.8. The maximum absolute atomic E-state index is 14.5. The molecule has 1 aromatic heterocycles. The third-order valence-electron chi connectivity index (χ3n) is 5.87. The average molecular weight is 460 g/mol. The fraction of sp³-hybridized carbons (Fsp3) is 0.333. The molecule has 1 aliphatic rings. The summed E-state index contributed by atoms with van der Waals surface area (Å²) in [6.07, 6.45) is -2.43. The van der Waals surface area contributed by atoms with Crippen LogP contribution in [0.3, 0.4) is 0 Å². The molecule has 1 N–H and O–H groups in total. The summed E-state index contributed by atoms with van der Waals surface area (Å²) in [4.78, 5) is 14.6. The molecule has 174 valence electrons. The van der Waals surface area contributed by atoms with Gasteiger partial charge in [-0.1, -0.05) is 6.07 Å². The predicted molar refractivity (Wildman–Crippen MR) is 118 cm³/mol. The van der Waals surface area contributed by atoms with E-state index < -0.39 is 11.7 Å². The van der Waals surface area contributed by atoms with Gasteiger partial charge in [0.15, 0.2) is 0 Å². The van der Waals surface area contributed by atoms with Crippen molar-refractivity contribution in [1.29, 1.82) is 0 Å². The van der Waals surface area contributed by atoms with Gasteiger partial charge in [-0.25, -0.2) is 9.07 Å². The zero-order valence-corrected chi connectivity index (χ0v) is 18.3. The summed E-state index contributed by atoms with van der Waals surface area (Å²) in [7, 11) is 0. The molecule has 0 atom stereocenters. The molecular weight excluding hydrogens is 436 g/mol. The van der Waals surface area contributed by atoms with E-state index in [2.05, 4.69) is 10.4 Å². The normalized spacial score (nSPS) is 14.1. The van der Waals surface area contributed by atoms with E-state index in [9.17, 15) is 22.4 Å². The SMILES string of the molecule is Cc1nn(-c2cccc(C(F)(F)F)c2)c(C)c1CC(=O)Nc1ccc(N2CCCC2)c(F)c1. The van der Waals surface area contributed by atoms with Crippen molar-refractivity contribution >= 4 is 17.3 Å². The minimum Gasteiger partial charge on any atom is -0.369 e. The number of benzene rings is 2. The summed E-state index contributed by atoms with van der Waals surface area (Å²) >= 11 is 0. The Labute approximate surface area is 189 Å². The minimum atomic E-state index is -4.46. The minimum absolute atomic E-state index is 0.0356. The van der Waals surface area contributed by atoms with Gasteiger partial charge in [-0.2, -0.15) is 18.3 Å². The first-order chi connectivity index (χ1) is 15.6. The van der Waals surface area contributed by atoms with Crippen LogP contribution < -0.4 is 10.2 Å². The van der Waals surface area contributed by atoms with Crippen molar-refractivity contribution in [3.8, 4) is 5.69 Å². The maximum Gasteiger partial charge on any atom is 0.416 e. The molecule has 1 saturated heterocycles. The second kappa shape index (κ2) is 8.88. The highest BCUT2D eigenvalue weighted by Crippen LogP contribution is 2.31. The number of halogens is 4. The van der Waals surface area contributed by atoms with Gasteiger partial charge < -0.3 is 10.2 Å². The van der Waals surface area contributed by atoms with Crippen LogP contribution in [0.5, 0.6) is 0 Å². The Kier molecular flexibility index (Phi) is 6.14. The van der Waals surface area contributed by atoms with Crippen molar-refractivity contribution in [3.05, 3.63) is 70.8 Å². The number of hydrogen-bond donors (Lipinski definition) is 1. The number of rotatable bonds is 5. The van der Waals surface area contributed by atoms with E-state index in [1.807, 2.05) is 4.90 Å². The number of nitrogens with one attached hydrogen (secondary N) is 1. The molecule has 1 amide bonds. The van der Waals surface area contributed by atoms with Crippen LogP contribution in [0.15, 0.2) is 42.5 Å². The van der Waals surface area contributed by atoms with Crippen molar-refractivity contribution in [2.24, 2.45) is 0 Å². The Hall–Kier alpha value is -3.36. The number of anilines is 2. The second-order valence-electron chi connectivity index (χ2n) is 8.19. The lowest BCUT2D eigenvalue weighted by Crippen LogP contribution is -2.19. The molecule has 0 spiro atoms. The van der Waals surface area contributed by atoms with Crippen LogP contribution in [0.2, 0.25) is 0 Å². The van der Waals surface area contributed by atoms with E-state index in [0.717, 1.165) is 38.1 Å². The summed E-state index contributed by atoms with van der Waals surface area (Å²) in [5, 5.41) is 7.04. The number of aromatic nitrogens is 2. The highest BCUT2D eigenvalue weighted by atomic mass is 19.4. The molecule has 0 unspecified atom stereocenters. The van der Waals surface area contributed by atoms with Crippen LogP contribution >= 0.6 is 0 Å². The first-order valence-electron chi connectivity index (χ1n) is 10.7. The largest absolute Gasteiger partial charge is 0.416 e. The fourth-order valence-electron chi connectivity index (χ4n) is 4.16. The lowest BCUT2D eigenvalue weighted by molar-refractivity contribution is -0.137. The van der Waals surface area contributed by atoms with Crippen molar-refractivity contribution in [2.45, 2.75) is 39.3 Å². The number of carbonyl (C=O) groups excluding carboxylic acids is 1. The molecule has 5 nitrogen and oxygen atoms in total. The van der Waals surface area contributed by atoms with Crippen LogP contribution in [0.1, 0.15) is 35.4 Å². The van der Waals surface area contributed by atoms with E-state index in [0.29, 0.717) is 28.3 Å². The number of hydrogen-bond acceptors (Lipinski definition) is 3. The zero-order valence-electron chi connectivity index (χ0n) is 18.3. The molecule has 1 aliphatic heterocycles. The van der Waals surface area contributed by atoms with E-state index >= 15 is 0 Å². The van der Waals surface area contributed by atoms with E-state index in [1.54, 1.807) is 26.0 Å². The molecule has 33 heavy (non-hydrogen) atoms. The quantitative estimate of drug-likeness (QED) is 0.517. The third kappa shape index (κ3) is 4.86. The molecule has 3 aromatic rings. The number of alkyl halides is 3. The number of aryl methyl sites for hydroxylation is 1. The summed E-state index contributed by atoms with van der Waals surface area (Å²) in [5.74, 6) is -0.752. The van der Waals surface area contributed by atoms with Gasteiger partial charge >= 0.3 is 6.18 Å². The average Bonchev–Trinajstić information content (AvgIpc) is 3.38. The highest BCUT2D eigenvalue weighted by molar-refractivity contribution is 5.92. The van der Waals surface area contributed by atoms with E-state index in [4.69, 9.17) is 0 Å². The number of nitrogens with zero attached hydrogens (tertiary/aromatic N) is 3. The molecule has 4 rings (SSSR count). The maximum atomic E-state index is 14.5. The van der Waals surface area contributed by atoms with Crippen LogP contribution in [0.25, 0.3) is 5.69 Å². The van der Waals surface area contributed by atoms with Crippen molar-refractivity contribution in [3.63, 3.8) is 0 Å². The van der Waals surface area contributed by atoms with E-state index in [1.165, 1.54) is 22.9 Å². The van der Waals surface area contributed by atoms with Gasteiger partial charge in [0.2, 0.25) is 5.91 Å². The van der Waals surface area contributed by atoms with Gasteiger partial charge in [0.1, 0.15) is 5.82 Å². The second-order valence-corrected chi connectivity index (χ2v) is 8.19. The molecule has 0 aliphatic carbocycles. The summed E-state index contributed by atoms with van der Waals surface area (Å²) in [6, 6.07) is 9.51. The Morgan fingerprint density at radius 2 is 1.82 bits per heavy atom. The van der Waals surface area contributed by atoms with Crippen molar-refractivity contribution < 1.29 is 22.4 Å². The Morgan fingerprint density at radius 3 is 2.48 bits per heavy atom. The topological polar surface area (TPSA) is 50.2 Å². The molecule has 9 heteroatoms. The molecule has 1 fully saturated rings. The first-order valence-corrected chi connectivity index (χ1v) is 10.7. The van der Waals surface area contributed by atoms with Crippen LogP contribution in [0.4, 0.5) is 28.9 Å². The summed E-state index contributed by atoms with van der Waals surface area (Å²) in [6.45, 7) is 5.03. The Bertz CT molecular complexity index is 1180. The van der Waals surface area contributed by atoms with Gasteiger partial charge in [0.25, 0.3) is 0 Å². The Morgan fingerprint density at radius 1 is 1.09 bits per heavy atom. The Balaban J connectivity index is 1.50. The molecule has 0 bridgehead atoms. The summed E-state index contributed by atoms with van der Waals surface area (Å²) < 4.78 is 55.2. The van der Waals surface area contributed by atoms with Gasteiger partial charge in [0.05, 0.1) is 29.1 Å². The lowest BCUT2D eigenvalue weighted by atomic mass is 10.1. The van der Waals surface area contributed by atoms with Gasteiger partial charge in [-0.3, -0.25) is 4.79 Å². The predicted octanol–water partition coefficient (Wildman–Crippen LogP) is 5.43. The van der Waals surface area contributed by atoms with E-state index in [-0.39, 0.29) is 23.8 Å². The smallest absolute Gasteiger partial charge is 0.369 e. The van der Waals surface area contributed by atoms with Gasteiger partial charge in [0, 0.05) is 30.0 Å². The van der Waals surface area contributed by atoms with Gasteiger partial charge in [-0.15, -0.1) is 0 Å². The van der Waals surface area contributed by atoms with Crippen LogP contribution in [-0.4, -0.2) is 28.8 Å². The molecule has 0 saturated carbocycles.